The normalized spacial score (nSPS) is 11.3. The largest absolute Gasteiger partial charge is 0.370 e. The molecule has 0 unspecified atom stereocenters. The second kappa shape index (κ2) is 13.2. The number of unbranched alkanes of at least 4 members (excludes halogenated alkanes) is 8. The minimum absolute atomic E-state index is 0.843. The molecule has 4 nitrogen and oxygen atoms in total. The number of hydrogen-bond donors (Lipinski definition) is 1. The third-order valence-electron chi connectivity index (χ3n) is 7.10. The second-order valence-corrected chi connectivity index (χ2v) is 10.0. The van der Waals surface area contributed by atoms with Gasteiger partial charge in [0, 0.05) is 29.8 Å². The van der Waals surface area contributed by atoms with Crippen LogP contribution in [-0.2, 0) is 6.42 Å². The van der Waals surface area contributed by atoms with Gasteiger partial charge in [-0.15, -0.1) is 0 Å². The number of hydrogen-bond acceptors (Lipinski definition) is 3. The molecule has 0 fully saturated rings. The van der Waals surface area contributed by atoms with Gasteiger partial charge in [-0.2, -0.15) is 9.61 Å². The minimum Gasteiger partial charge on any atom is -0.370 e. The number of anilines is 1. The number of benzene rings is 2. The first-order chi connectivity index (χ1) is 17.7. The van der Waals surface area contributed by atoms with Gasteiger partial charge < -0.3 is 5.32 Å². The van der Waals surface area contributed by atoms with Crippen LogP contribution in [0, 0.1) is 13.8 Å². The van der Waals surface area contributed by atoms with Crippen LogP contribution in [-0.4, -0.2) is 21.1 Å². The average molecular weight is 483 g/mol. The van der Waals surface area contributed by atoms with Crippen LogP contribution in [0.2, 0.25) is 0 Å². The van der Waals surface area contributed by atoms with Crippen molar-refractivity contribution >= 4 is 11.5 Å². The molecule has 0 saturated carbocycles. The maximum atomic E-state index is 5.09. The van der Waals surface area contributed by atoms with E-state index in [2.05, 4.69) is 91.3 Å². The van der Waals surface area contributed by atoms with Crippen molar-refractivity contribution in [2.75, 3.05) is 11.9 Å². The van der Waals surface area contributed by atoms with Crippen LogP contribution >= 0.6 is 0 Å². The molecule has 2 aromatic heterocycles. The van der Waals surface area contributed by atoms with E-state index in [0.29, 0.717) is 0 Å². The predicted molar refractivity (Wildman–Crippen MR) is 153 cm³/mol. The highest BCUT2D eigenvalue weighted by atomic mass is 15.3. The van der Waals surface area contributed by atoms with Gasteiger partial charge in [0.25, 0.3) is 0 Å². The lowest BCUT2D eigenvalue weighted by molar-refractivity contribution is 0.569. The first-order valence-electron chi connectivity index (χ1n) is 13.9. The number of aryl methyl sites for hydroxylation is 2. The molecule has 0 saturated heterocycles. The Hall–Kier alpha value is -3.14. The topological polar surface area (TPSA) is 42.2 Å². The van der Waals surface area contributed by atoms with Crippen molar-refractivity contribution in [3.63, 3.8) is 0 Å². The molecule has 4 heteroatoms. The van der Waals surface area contributed by atoms with Gasteiger partial charge in [0.1, 0.15) is 5.82 Å². The molecule has 0 radical (unpaired) electrons. The van der Waals surface area contributed by atoms with Crippen molar-refractivity contribution in [1.29, 1.82) is 0 Å². The maximum Gasteiger partial charge on any atom is 0.165 e. The number of nitrogens with zero attached hydrogens (tertiary/aromatic N) is 3. The Labute approximate surface area is 217 Å². The van der Waals surface area contributed by atoms with E-state index < -0.39 is 0 Å². The van der Waals surface area contributed by atoms with Crippen molar-refractivity contribution in [2.24, 2.45) is 0 Å². The Morgan fingerprint density at radius 3 is 2.00 bits per heavy atom. The molecule has 0 aliphatic rings. The van der Waals surface area contributed by atoms with E-state index in [-0.39, 0.29) is 0 Å². The van der Waals surface area contributed by atoms with E-state index in [1.807, 2.05) is 0 Å². The highest BCUT2D eigenvalue weighted by Gasteiger charge is 2.20. The first-order valence-corrected chi connectivity index (χ1v) is 13.9. The van der Waals surface area contributed by atoms with Crippen molar-refractivity contribution in [3.05, 3.63) is 83.2 Å². The lowest BCUT2D eigenvalue weighted by atomic mass is 10.0. The lowest BCUT2D eigenvalue weighted by Gasteiger charge is -2.16. The van der Waals surface area contributed by atoms with Crippen LogP contribution in [0.15, 0.2) is 60.7 Å². The summed E-state index contributed by atoms with van der Waals surface area (Å²) in [5.41, 5.74) is 7.82. The van der Waals surface area contributed by atoms with Crippen LogP contribution in [0.5, 0.6) is 0 Å². The molecule has 4 rings (SSSR count). The van der Waals surface area contributed by atoms with Gasteiger partial charge >= 0.3 is 0 Å². The summed E-state index contributed by atoms with van der Waals surface area (Å²) < 4.78 is 2.05. The average Bonchev–Trinajstić information content (AvgIpc) is 3.23. The second-order valence-electron chi connectivity index (χ2n) is 10.0. The predicted octanol–water partition coefficient (Wildman–Crippen LogP) is 8.55. The summed E-state index contributed by atoms with van der Waals surface area (Å²) in [5.74, 6) is 1.09. The van der Waals surface area contributed by atoms with E-state index in [4.69, 9.17) is 10.1 Å². The first kappa shape index (κ1) is 25.9. The van der Waals surface area contributed by atoms with Gasteiger partial charge in [-0.05, 0) is 31.4 Å². The van der Waals surface area contributed by atoms with Gasteiger partial charge in [-0.3, -0.25) is 0 Å². The van der Waals surface area contributed by atoms with Crippen LogP contribution < -0.4 is 5.32 Å². The zero-order valence-corrected chi connectivity index (χ0v) is 22.4. The van der Waals surface area contributed by atoms with Gasteiger partial charge in [-0.25, -0.2) is 4.98 Å². The molecular weight excluding hydrogens is 440 g/mol. The van der Waals surface area contributed by atoms with Crippen molar-refractivity contribution in [1.82, 2.24) is 14.6 Å². The summed E-state index contributed by atoms with van der Waals surface area (Å²) in [6.07, 6.45) is 12.9. The summed E-state index contributed by atoms with van der Waals surface area (Å²) in [5, 5.41) is 8.78. The number of nitrogens with one attached hydrogen (secondary N) is 1. The highest BCUT2D eigenvalue weighted by Crippen LogP contribution is 2.32. The zero-order valence-electron chi connectivity index (χ0n) is 22.4. The molecular formula is C32H42N4. The molecule has 36 heavy (non-hydrogen) atoms. The Bertz CT molecular complexity index is 1210. The summed E-state index contributed by atoms with van der Waals surface area (Å²) in [7, 11) is 0. The van der Waals surface area contributed by atoms with Gasteiger partial charge in [0.15, 0.2) is 5.65 Å². The van der Waals surface area contributed by atoms with Crippen LogP contribution in [0.3, 0.4) is 0 Å². The number of rotatable bonds is 14. The third-order valence-corrected chi connectivity index (χ3v) is 7.10. The van der Waals surface area contributed by atoms with Gasteiger partial charge in [0.2, 0.25) is 0 Å². The summed E-state index contributed by atoms with van der Waals surface area (Å²) in [6.45, 7) is 7.46. The molecule has 2 aromatic carbocycles. The fraction of sp³-hybridized carbons (Fsp3) is 0.438. The quantitative estimate of drug-likeness (QED) is 0.183. The lowest BCUT2D eigenvalue weighted by Crippen LogP contribution is -2.13. The molecule has 1 N–H and O–H groups in total. The van der Waals surface area contributed by atoms with Crippen LogP contribution in [0.25, 0.3) is 16.8 Å². The summed E-state index contributed by atoms with van der Waals surface area (Å²) in [6, 6.07) is 21.2. The third kappa shape index (κ3) is 6.54. The smallest absolute Gasteiger partial charge is 0.165 e. The molecule has 4 aromatic rings. The number of aromatic nitrogens is 3. The van der Waals surface area contributed by atoms with Gasteiger partial charge in [-0.1, -0.05) is 119 Å². The van der Waals surface area contributed by atoms with Gasteiger partial charge in [0.05, 0.1) is 5.69 Å². The molecule has 0 aliphatic carbocycles. The molecule has 0 aliphatic heterocycles. The van der Waals surface area contributed by atoms with Crippen molar-refractivity contribution < 1.29 is 0 Å². The number of fused-ring (bicyclic) bond motifs is 1. The van der Waals surface area contributed by atoms with E-state index in [9.17, 15) is 0 Å². The van der Waals surface area contributed by atoms with E-state index >= 15 is 0 Å². The highest BCUT2D eigenvalue weighted by molar-refractivity contribution is 5.81. The zero-order chi connectivity index (χ0) is 25.2. The molecule has 190 valence electrons. The van der Waals surface area contributed by atoms with E-state index in [0.717, 1.165) is 46.9 Å². The fourth-order valence-corrected chi connectivity index (χ4v) is 5.08. The van der Waals surface area contributed by atoms with E-state index in [1.165, 1.54) is 68.9 Å². The monoisotopic (exact) mass is 482 g/mol. The standard InChI is InChI=1S/C32H42N4/c1-4-5-6-7-8-9-10-11-18-23-33-31-29(24-27-19-14-12-15-20-27)25(2)34-32-30(26(3)35-36(31)32)28-21-16-13-17-22-28/h12-17,19-22,33H,4-11,18,23-24H2,1-3H3. The molecule has 0 spiro atoms. The van der Waals surface area contributed by atoms with Crippen LogP contribution in [0.4, 0.5) is 5.82 Å². The maximum absolute atomic E-state index is 5.09. The Balaban J connectivity index is 1.53. The SMILES string of the molecule is CCCCCCCCCCCNc1c(Cc2ccccc2)c(C)nc2c(-c3ccccc3)c(C)nn12. The minimum atomic E-state index is 0.843. The molecule has 2 heterocycles. The molecule has 0 bridgehead atoms. The summed E-state index contributed by atoms with van der Waals surface area (Å²) in [4.78, 5) is 5.09. The van der Waals surface area contributed by atoms with Crippen molar-refractivity contribution in [2.45, 2.75) is 85.0 Å². The Kier molecular flexibility index (Phi) is 9.54. The molecule has 0 amide bonds. The van der Waals surface area contributed by atoms with E-state index in [1.54, 1.807) is 0 Å². The summed E-state index contributed by atoms with van der Waals surface area (Å²) >= 11 is 0. The fourth-order valence-electron chi connectivity index (χ4n) is 5.08. The Morgan fingerprint density at radius 2 is 1.33 bits per heavy atom. The Morgan fingerprint density at radius 1 is 0.722 bits per heavy atom. The van der Waals surface area contributed by atoms with Crippen LogP contribution in [0.1, 0.15) is 87.2 Å². The van der Waals surface area contributed by atoms with Crippen molar-refractivity contribution in [3.8, 4) is 11.1 Å². The molecule has 0 atom stereocenters.